The third kappa shape index (κ3) is 29.0. The molecular weight excluding hydrogens is 1790 g/mol. The van der Waals surface area contributed by atoms with E-state index in [2.05, 4.69) is 89.0 Å². The SMILES string of the molecule is CCCC[C@H]1C(=O)N[C@@H](CCCNC(=N)N)C(=O)N[C@H](C(=O)NCC(N)=O)CSCC(=O)N[C@@H](Cc2ccc(O)cc2)C(=O)N(C)[C@@H](C)C(=O)N[C@@H](CC(N)=O)C(=O)N2CCC[C@H]2C(=O)N[C@@H](Cc2cnc[nH]2)C(=O)N[C@@H](CC(C)C)C(=O)N2CCC[C@H]2C(=O)N[C@@H](Cc2c[nH]c3ccccc23)C(=O)N[C@@H](CO)C(=O)N[C@@H](Cc2cccc3ccccc23)c2nnnn2[C@@H](CCCC)C(=O)N1C. The zero-order valence-corrected chi connectivity index (χ0v) is 78.6. The molecule has 3 aromatic heterocycles. The van der Waals surface area contributed by atoms with Gasteiger partial charge in [-0.2, -0.15) is 0 Å². The van der Waals surface area contributed by atoms with Crippen molar-refractivity contribution < 1.29 is 86.9 Å². The first kappa shape index (κ1) is 105. The minimum Gasteiger partial charge on any atom is -0.508 e. The minimum atomic E-state index is -1.79. The lowest BCUT2D eigenvalue weighted by Gasteiger charge is -2.33. The quantitative estimate of drug-likeness (QED) is 0.0173. The predicted octanol–water partition coefficient (Wildman–Crippen LogP) is -1.15. The second kappa shape index (κ2) is 50.4. The van der Waals surface area contributed by atoms with Gasteiger partial charge in [0.15, 0.2) is 11.8 Å². The van der Waals surface area contributed by atoms with Crippen LogP contribution in [-0.4, -0.2) is 296 Å². The number of imidazole rings is 1. The molecule has 0 spiro atoms. The van der Waals surface area contributed by atoms with Crippen LogP contribution in [0.25, 0.3) is 21.7 Å². The molecule has 137 heavy (non-hydrogen) atoms. The number of hydrogen-bond donors (Lipinski definition) is 19. The van der Waals surface area contributed by atoms with E-state index in [0.717, 1.165) is 32.3 Å². The Kier molecular flexibility index (Phi) is 38.6. The van der Waals surface area contributed by atoms with Gasteiger partial charge in [-0.05, 0) is 127 Å². The number of carbonyl (C=O) groups is 16. The van der Waals surface area contributed by atoms with E-state index in [0.29, 0.717) is 59.0 Å². The summed E-state index contributed by atoms with van der Waals surface area (Å²) in [5.41, 5.74) is 19.5. The Bertz CT molecular complexity index is 5440. The van der Waals surface area contributed by atoms with E-state index >= 15 is 38.4 Å². The lowest BCUT2D eigenvalue weighted by molar-refractivity contribution is -0.145. The second-order valence-electron chi connectivity index (χ2n) is 35.1. The van der Waals surface area contributed by atoms with Crippen LogP contribution in [0.4, 0.5) is 0 Å². The highest BCUT2D eigenvalue weighted by atomic mass is 32.2. The van der Waals surface area contributed by atoms with E-state index in [1.54, 1.807) is 50.4 Å². The Morgan fingerprint density at radius 3 is 1.78 bits per heavy atom. The number of phenolic OH excluding ortho intramolecular Hbond substituents is 1. The maximum atomic E-state index is 15.9. The average Bonchev–Trinajstić information content (AvgIpc) is 1.54. The number of nitrogens with zero attached hydrogens (tertiary/aromatic N) is 9. The Morgan fingerprint density at radius 1 is 0.562 bits per heavy atom. The van der Waals surface area contributed by atoms with Gasteiger partial charge in [0.25, 0.3) is 0 Å². The number of aliphatic hydroxyl groups excluding tert-OH is 1. The molecule has 44 nitrogen and oxygen atoms in total. The average molecular weight is 1920 g/mol. The van der Waals surface area contributed by atoms with Gasteiger partial charge >= 0.3 is 0 Å². The number of likely N-dealkylation sites (N-methyl/N-ethyl adjacent to an activating group) is 2. The summed E-state index contributed by atoms with van der Waals surface area (Å²) in [6.07, 6.45) is 4.98. The summed E-state index contributed by atoms with van der Waals surface area (Å²) in [4.78, 5) is 251. The smallest absolute Gasteiger partial charge is 0.248 e. The molecular formula is C92H126N26O18S. The molecule has 2 saturated heterocycles. The number of nitrogens with two attached hydrogens (primary N) is 3. The molecule has 22 N–H and O–H groups in total. The second-order valence-corrected chi connectivity index (χ2v) is 36.1. The van der Waals surface area contributed by atoms with Gasteiger partial charge in [0.2, 0.25) is 94.5 Å². The van der Waals surface area contributed by atoms with E-state index in [1.165, 1.54) is 72.3 Å². The van der Waals surface area contributed by atoms with Gasteiger partial charge in [-0.1, -0.05) is 126 Å². The van der Waals surface area contributed by atoms with Crippen LogP contribution in [0.3, 0.4) is 0 Å². The number of rotatable bonds is 26. The number of aromatic hydroxyl groups is 1. The summed E-state index contributed by atoms with van der Waals surface area (Å²) in [5.74, 6) is -16.3. The number of aliphatic hydroxyl groups is 1. The number of unbranched alkanes of at least 4 members (excludes halogenated alkanes) is 2. The first-order chi connectivity index (χ1) is 65.6. The molecule has 0 aliphatic carbocycles. The number of amides is 16. The number of guanidine groups is 1. The van der Waals surface area contributed by atoms with Crippen molar-refractivity contribution in [1.82, 2.24) is 113 Å². The standard InChI is InChI=1S/C92H126N26O18S/c1-8-10-27-71-85(130)103-62(26-17-35-98-92(95)96)81(126)110-70(80(125)100-46-76(94)122)48-137-49-77(123)102-67(39-53-31-33-58(120)34-32-53)88(133)114(6)52(5)79(124)107-68(43-75(93)121)90(135)117-37-19-30-73(117)87(132)106-65(42-57-45-97-50-101-57)83(128)108-66(38-51(3)4)89(134)116-36-18-29-72(116)86(131)105-64(41-56-44-99-61-25-15-14-24-60(56)61)82(127)109-69(47-119)84(129)104-63(40-55-22-16-21-54-20-12-13-23-59(54)55)78-111-112-113-118(78)74(28-11-9-2)91(136)115(71)7/h12-16,20-25,31-34,44-45,50-52,62-74,99,119-120H,8-11,17-19,26-30,35-43,46-49H2,1-7H3,(H2,93,121)(H2,94,122)(H,97,101)(H,100,125)(H,102,123)(H,103,130)(H,104,129)(H,105,131)(H,106,132)(H,107,124)(H,108,128)(H,109,127)(H,110,126)(H4,95,96,98)/t52-,62-,63-,64-,65-,66-,67-,68-,69-,70-,71-,72-,73-,74-/m0/s1. The molecule has 3 aliphatic rings. The van der Waals surface area contributed by atoms with Gasteiger partial charge in [-0.3, -0.25) is 82.1 Å². The fraction of sp³-hybridized carbons (Fsp3) is 0.511. The van der Waals surface area contributed by atoms with Gasteiger partial charge < -0.3 is 115 Å². The monoisotopic (exact) mass is 1910 g/mol. The van der Waals surface area contributed by atoms with Crippen LogP contribution in [-0.2, 0) is 102 Å². The van der Waals surface area contributed by atoms with Crippen molar-refractivity contribution >= 4 is 134 Å². The summed E-state index contributed by atoms with van der Waals surface area (Å²) in [5, 5.41) is 74.5. The first-order valence-electron chi connectivity index (χ1n) is 46.1. The number of tetrazole rings is 1. The zero-order valence-electron chi connectivity index (χ0n) is 77.8. The number of primary amides is 2. The Balaban J connectivity index is 1.03. The molecule has 14 atom stereocenters. The van der Waals surface area contributed by atoms with Crippen molar-refractivity contribution in [2.45, 2.75) is 235 Å². The topological polar surface area (TPSA) is 649 Å². The van der Waals surface area contributed by atoms with Gasteiger partial charge in [0.1, 0.15) is 84.3 Å². The van der Waals surface area contributed by atoms with Crippen LogP contribution >= 0.6 is 11.8 Å². The fourth-order valence-electron chi connectivity index (χ4n) is 17.1. The highest BCUT2D eigenvalue weighted by molar-refractivity contribution is 8.00. The summed E-state index contributed by atoms with van der Waals surface area (Å²) < 4.78 is 1.25. The third-order valence-electron chi connectivity index (χ3n) is 24.5. The number of nitrogens with one attached hydrogen (secondary N) is 14. The molecule has 16 amide bonds. The number of benzene rings is 4. The summed E-state index contributed by atoms with van der Waals surface area (Å²) in [6.45, 7) is 6.79. The Hall–Kier alpha value is -14.1. The molecule has 0 radical (unpaired) electrons. The van der Waals surface area contributed by atoms with Crippen LogP contribution in [0.15, 0.2) is 110 Å². The van der Waals surface area contributed by atoms with Crippen molar-refractivity contribution in [3.05, 3.63) is 138 Å². The van der Waals surface area contributed by atoms with Gasteiger partial charge in [-0.15, -0.1) is 16.9 Å². The van der Waals surface area contributed by atoms with Crippen LogP contribution < -0.4 is 75.7 Å². The van der Waals surface area contributed by atoms with Gasteiger partial charge in [0, 0.05) is 94.2 Å². The number of carbonyl (C=O) groups excluding carboxylic acids is 16. The summed E-state index contributed by atoms with van der Waals surface area (Å²) >= 11 is 0.775. The Morgan fingerprint density at radius 2 is 1.15 bits per heavy atom. The molecule has 0 saturated carbocycles. The van der Waals surface area contributed by atoms with Crippen LogP contribution in [0, 0.1) is 11.3 Å². The third-order valence-corrected chi connectivity index (χ3v) is 25.5. The van der Waals surface area contributed by atoms with Crippen molar-refractivity contribution in [3.8, 4) is 5.75 Å². The summed E-state index contributed by atoms with van der Waals surface area (Å²) in [6, 6.07) is 4.96. The van der Waals surface area contributed by atoms with Crippen molar-refractivity contribution in [2.24, 2.45) is 23.1 Å². The number of phenols is 1. The first-order valence-corrected chi connectivity index (χ1v) is 47.2. The lowest BCUT2D eigenvalue weighted by atomic mass is 9.97. The predicted molar refractivity (Wildman–Crippen MR) is 503 cm³/mol. The van der Waals surface area contributed by atoms with E-state index < -0.39 is 216 Å². The fourth-order valence-corrected chi connectivity index (χ4v) is 17.9. The van der Waals surface area contributed by atoms with Crippen LogP contribution in [0.1, 0.15) is 165 Å². The highest BCUT2D eigenvalue weighted by Gasteiger charge is 2.45. The number of aromatic nitrogens is 7. The van der Waals surface area contributed by atoms with Crippen molar-refractivity contribution in [2.75, 3.05) is 58.4 Å². The molecule has 0 unspecified atom stereocenters. The van der Waals surface area contributed by atoms with Gasteiger partial charge in [0.05, 0.1) is 37.7 Å². The van der Waals surface area contributed by atoms with Crippen molar-refractivity contribution in [1.29, 1.82) is 5.41 Å². The van der Waals surface area contributed by atoms with E-state index in [4.69, 9.17) is 22.6 Å². The minimum absolute atomic E-state index is 0.000741. The van der Waals surface area contributed by atoms with Gasteiger partial charge in [-0.25, -0.2) is 9.67 Å². The van der Waals surface area contributed by atoms with E-state index in [9.17, 15) is 48.6 Å². The van der Waals surface area contributed by atoms with E-state index in [1.807, 2.05) is 50.2 Å². The Labute approximate surface area is 795 Å². The molecule has 0 bridgehead atoms. The van der Waals surface area contributed by atoms with Crippen molar-refractivity contribution in [3.63, 3.8) is 0 Å². The maximum Gasteiger partial charge on any atom is 0.248 e. The molecule has 7 aromatic rings. The highest BCUT2D eigenvalue weighted by Crippen LogP contribution is 2.31. The van der Waals surface area contributed by atoms with E-state index in [-0.39, 0.29) is 121 Å². The normalized spacial score (nSPS) is 23.8. The number of aromatic amines is 2. The number of fused-ring (bicyclic) bond motifs is 5. The number of thioether (sulfide) groups is 1. The van der Waals surface area contributed by atoms with Crippen LogP contribution in [0.2, 0.25) is 0 Å². The largest absolute Gasteiger partial charge is 0.508 e. The molecule has 3 aliphatic heterocycles. The molecule has 738 valence electrons. The number of H-pyrrole nitrogens is 2. The molecule has 6 heterocycles. The summed E-state index contributed by atoms with van der Waals surface area (Å²) in [7, 11) is 2.62. The molecule has 45 heteroatoms. The van der Waals surface area contributed by atoms with Crippen LogP contribution in [0.5, 0.6) is 5.75 Å². The molecule has 10 rings (SSSR count). The lowest BCUT2D eigenvalue weighted by Crippen LogP contribution is -2.61. The molecule has 4 aromatic carbocycles. The zero-order chi connectivity index (χ0) is 99.3. The number of para-hydroxylation sites is 1. The molecule has 2 fully saturated rings. The number of hydrogen-bond acceptors (Lipinski definition) is 24. The maximum absolute atomic E-state index is 15.9.